The maximum Gasteiger partial charge on any atom is 0.0810 e. The number of hydrogen-bond acceptors (Lipinski definition) is 3. The van der Waals surface area contributed by atoms with Crippen LogP contribution >= 0.6 is 11.8 Å². The summed E-state index contributed by atoms with van der Waals surface area (Å²) in [6, 6.07) is 2.16. The lowest BCUT2D eigenvalue weighted by molar-refractivity contribution is 0.532. The van der Waals surface area contributed by atoms with Crippen molar-refractivity contribution in [1.82, 2.24) is 5.32 Å². The SMILES string of the molecule is N#CCSC1CCNCC1. The molecular weight excluding hydrogens is 144 g/mol. The Bertz CT molecular complexity index is 124. The van der Waals surface area contributed by atoms with E-state index in [0.29, 0.717) is 5.75 Å². The van der Waals surface area contributed by atoms with E-state index in [0.717, 1.165) is 18.3 Å². The maximum absolute atomic E-state index is 8.31. The number of nitrogens with zero attached hydrogens (tertiary/aromatic N) is 1. The monoisotopic (exact) mass is 156 g/mol. The number of hydrogen-bond donors (Lipinski definition) is 1. The van der Waals surface area contributed by atoms with E-state index >= 15 is 0 Å². The van der Waals surface area contributed by atoms with Crippen LogP contribution in [0.4, 0.5) is 0 Å². The zero-order valence-electron chi connectivity index (χ0n) is 5.97. The van der Waals surface area contributed by atoms with E-state index in [-0.39, 0.29) is 0 Å². The highest BCUT2D eigenvalue weighted by Gasteiger charge is 2.11. The molecule has 0 aromatic rings. The topological polar surface area (TPSA) is 35.8 Å². The molecule has 10 heavy (non-hydrogen) atoms. The van der Waals surface area contributed by atoms with E-state index in [1.54, 1.807) is 11.8 Å². The average molecular weight is 156 g/mol. The van der Waals surface area contributed by atoms with Gasteiger partial charge < -0.3 is 5.32 Å². The molecule has 0 amide bonds. The predicted molar refractivity (Wildman–Crippen MR) is 44.0 cm³/mol. The van der Waals surface area contributed by atoms with Crippen molar-refractivity contribution < 1.29 is 0 Å². The predicted octanol–water partition coefficient (Wildman–Crippen LogP) is 0.995. The molecule has 1 fully saturated rings. The Morgan fingerprint density at radius 3 is 2.80 bits per heavy atom. The third-order valence-electron chi connectivity index (χ3n) is 1.67. The zero-order chi connectivity index (χ0) is 7.23. The number of nitriles is 1. The highest BCUT2D eigenvalue weighted by Crippen LogP contribution is 2.18. The van der Waals surface area contributed by atoms with Gasteiger partial charge in [0.1, 0.15) is 0 Å². The van der Waals surface area contributed by atoms with Crippen LogP contribution in [0.15, 0.2) is 0 Å². The van der Waals surface area contributed by atoms with Gasteiger partial charge in [-0.25, -0.2) is 0 Å². The molecule has 1 N–H and O–H groups in total. The van der Waals surface area contributed by atoms with Crippen molar-refractivity contribution in [3.05, 3.63) is 0 Å². The van der Waals surface area contributed by atoms with Gasteiger partial charge in [0.15, 0.2) is 0 Å². The van der Waals surface area contributed by atoms with Gasteiger partial charge in [0, 0.05) is 5.25 Å². The Hall–Kier alpha value is -0.200. The fourth-order valence-electron chi connectivity index (χ4n) is 1.12. The van der Waals surface area contributed by atoms with Gasteiger partial charge in [-0.3, -0.25) is 0 Å². The van der Waals surface area contributed by atoms with E-state index in [1.165, 1.54) is 12.8 Å². The Labute approximate surface area is 66.0 Å². The lowest BCUT2D eigenvalue weighted by atomic mass is 10.2. The van der Waals surface area contributed by atoms with Gasteiger partial charge in [0.25, 0.3) is 0 Å². The molecule has 0 atom stereocenters. The van der Waals surface area contributed by atoms with Crippen LogP contribution in [-0.4, -0.2) is 24.1 Å². The molecule has 1 saturated heterocycles. The molecular formula is C7H12N2S. The molecule has 1 heterocycles. The minimum atomic E-state index is 0.657. The third kappa shape index (κ3) is 2.59. The molecule has 56 valence electrons. The van der Waals surface area contributed by atoms with E-state index in [9.17, 15) is 0 Å². The smallest absolute Gasteiger partial charge is 0.0810 e. The largest absolute Gasteiger partial charge is 0.317 e. The summed E-state index contributed by atoms with van der Waals surface area (Å²) in [5, 5.41) is 12.3. The summed E-state index contributed by atoms with van der Waals surface area (Å²) >= 11 is 1.80. The van der Waals surface area contributed by atoms with Crippen molar-refractivity contribution in [2.75, 3.05) is 18.8 Å². The Balaban J connectivity index is 2.09. The number of thioether (sulfide) groups is 1. The summed E-state index contributed by atoms with van der Waals surface area (Å²) in [6.07, 6.45) is 2.46. The summed E-state index contributed by atoms with van der Waals surface area (Å²) in [5.41, 5.74) is 0. The minimum absolute atomic E-state index is 0.657. The summed E-state index contributed by atoms with van der Waals surface area (Å²) < 4.78 is 0. The lowest BCUT2D eigenvalue weighted by Gasteiger charge is -2.20. The second-order valence-corrected chi connectivity index (χ2v) is 3.71. The van der Waals surface area contributed by atoms with Crippen molar-refractivity contribution in [2.24, 2.45) is 0 Å². The molecule has 2 nitrogen and oxygen atoms in total. The number of rotatable bonds is 2. The van der Waals surface area contributed by atoms with Crippen molar-refractivity contribution in [3.63, 3.8) is 0 Å². The van der Waals surface area contributed by atoms with Crippen LogP contribution in [0.2, 0.25) is 0 Å². The van der Waals surface area contributed by atoms with Crippen LogP contribution in [0.1, 0.15) is 12.8 Å². The molecule has 0 bridgehead atoms. The lowest BCUT2D eigenvalue weighted by Crippen LogP contribution is -2.29. The van der Waals surface area contributed by atoms with E-state index < -0.39 is 0 Å². The van der Waals surface area contributed by atoms with Crippen LogP contribution < -0.4 is 5.32 Å². The summed E-state index contributed by atoms with van der Waals surface area (Å²) in [5.74, 6) is 0.657. The minimum Gasteiger partial charge on any atom is -0.317 e. The van der Waals surface area contributed by atoms with Gasteiger partial charge in [0.05, 0.1) is 11.8 Å². The van der Waals surface area contributed by atoms with Crippen LogP contribution in [0.5, 0.6) is 0 Å². The quantitative estimate of drug-likeness (QED) is 0.647. The molecule has 0 radical (unpaired) electrons. The first kappa shape index (κ1) is 7.90. The summed E-state index contributed by atoms with van der Waals surface area (Å²) in [7, 11) is 0. The Morgan fingerprint density at radius 2 is 2.20 bits per heavy atom. The van der Waals surface area contributed by atoms with E-state index in [4.69, 9.17) is 5.26 Å². The van der Waals surface area contributed by atoms with Crippen LogP contribution in [-0.2, 0) is 0 Å². The van der Waals surface area contributed by atoms with Crippen molar-refractivity contribution in [2.45, 2.75) is 18.1 Å². The summed E-state index contributed by atoms with van der Waals surface area (Å²) in [4.78, 5) is 0. The fourth-order valence-corrected chi connectivity index (χ4v) is 2.00. The van der Waals surface area contributed by atoms with Crippen molar-refractivity contribution in [3.8, 4) is 6.07 Å². The summed E-state index contributed by atoms with van der Waals surface area (Å²) in [6.45, 7) is 2.26. The standard InChI is InChI=1S/C7H12N2S/c8-3-6-10-7-1-4-9-5-2-7/h7,9H,1-2,4-6H2. The van der Waals surface area contributed by atoms with Crippen molar-refractivity contribution in [1.29, 1.82) is 5.26 Å². The molecule has 1 aliphatic rings. The van der Waals surface area contributed by atoms with Gasteiger partial charge in [-0.05, 0) is 25.9 Å². The van der Waals surface area contributed by atoms with Crippen molar-refractivity contribution >= 4 is 11.8 Å². The molecule has 0 unspecified atom stereocenters. The second-order valence-electron chi connectivity index (χ2n) is 2.42. The highest BCUT2D eigenvalue weighted by molar-refractivity contribution is 8.00. The fraction of sp³-hybridized carbons (Fsp3) is 0.857. The molecule has 0 saturated carbocycles. The highest BCUT2D eigenvalue weighted by atomic mass is 32.2. The second kappa shape index (κ2) is 4.59. The zero-order valence-corrected chi connectivity index (χ0v) is 6.78. The first-order valence-corrected chi connectivity index (χ1v) is 4.67. The molecule has 1 rings (SSSR count). The van der Waals surface area contributed by atoms with Crippen LogP contribution in [0.3, 0.4) is 0 Å². The first-order chi connectivity index (χ1) is 4.93. The van der Waals surface area contributed by atoms with Gasteiger partial charge in [0.2, 0.25) is 0 Å². The molecule has 0 spiro atoms. The van der Waals surface area contributed by atoms with Gasteiger partial charge in [-0.15, -0.1) is 11.8 Å². The molecule has 0 aliphatic carbocycles. The van der Waals surface area contributed by atoms with Crippen LogP contribution in [0.25, 0.3) is 0 Å². The van der Waals surface area contributed by atoms with E-state index in [2.05, 4.69) is 11.4 Å². The van der Waals surface area contributed by atoms with E-state index in [1.807, 2.05) is 0 Å². The average Bonchev–Trinajstić information content (AvgIpc) is 2.03. The molecule has 0 aromatic carbocycles. The Morgan fingerprint density at radius 1 is 1.50 bits per heavy atom. The number of nitrogens with one attached hydrogen (secondary N) is 1. The van der Waals surface area contributed by atoms with Crippen LogP contribution in [0, 0.1) is 11.3 Å². The van der Waals surface area contributed by atoms with Gasteiger partial charge in [-0.1, -0.05) is 0 Å². The van der Waals surface area contributed by atoms with Gasteiger partial charge >= 0.3 is 0 Å². The molecule has 0 aromatic heterocycles. The number of piperidine rings is 1. The first-order valence-electron chi connectivity index (χ1n) is 3.63. The Kier molecular flexibility index (Phi) is 3.63. The molecule has 3 heteroatoms. The van der Waals surface area contributed by atoms with Gasteiger partial charge in [-0.2, -0.15) is 5.26 Å². The molecule has 1 aliphatic heterocycles. The maximum atomic E-state index is 8.31. The normalized spacial score (nSPS) is 20.3. The third-order valence-corrected chi connectivity index (χ3v) is 2.91.